The fourth-order valence-corrected chi connectivity index (χ4v) is 6.38. The zero-order valence-electron chi connectivity index (χ0n) is 22.6. The van der Waals surface area contributed by atoms with E-state index in [4.69, 9.17) is 23.2 Å². The van der Waals surface area contributed by atoms with Crippen molar-refractivity contribution in [2.75, 3.05) is 17.1 Å². The van der Waals surface area contributed by atoms with Gasteiger partial charge in [-0.3, -0.25) is 13.9 Å². The topological polar surface area (TPSA) is 86.8 Å². The SMILES string of the molecule is CS(=O)(=O)N(CC(=O)N(Cc1ccccc1F)[C@H](Cc1ccccc1)C(=O)NC1CCCC1)c1cc(Cl)cc(Cl)c1. The van der Waals surface area contributed by atoms with Crippen LogP contribution in [0.15, 0.2) is 72.8 Å². The van der Waals surface area contributed by atoms with Crippen LogP contribution in [0.5, 0.6) is 0 Å². The Bertz CT molecular complexity index is 1460. The van der Waals surface area contributed by atoms with E-state index < -0.39 is 34.3 Å². The van der Waals surface area contributed by atoms with E-state index in [1.54, 1.807) is 6.07 Å². The van der Waals surface area contributed by atoms with Crippen LogP contribution < -0.4 is 9.62 Å². The molecule has 3 aromatic carbocycles. The van der Waals surface area contributed by atoms with Gasteiger partial charge in [-0.15, -0.1) is 0 Å². The van der Waals surface area contributed by atoms with Gasteiger partial charge < -0.3 is 10.2 Å². The number of carbonyl (C=O) groups excluding carboxylic acids is 2. The van der Waals surface area contributed by atoms with Crippen LogP contribution in [0.1, 0.15) is 36.8 Å². The highest BCUT2D eigenvalue weighted by molar-refractivity contribution is 7.92. The maximum atomic E-state index is 14.9. The molecular formula is C30H32Cl2FN3O4S. The number of amides is 2. The molecular weight excluding hydrogens is 588 g/mol. The molecule has 0 saturated heterocycles. The molecule has 41 heavy (non-hydrogen) atoms. The summed E-state index contributed by atoms with van der Waals surface area (Å²) >= 11 is 12.3. The summed E-state index contributed by atoms with van der Waals surface area (Å²) in [6, 6.07) is 18.4. The summed E-state index contributed by atoms with van der Waals surface area (Å²) in [6.07, 6.45) is 4.78. The Morgan fingerprint density at radius 1 is 0.976 bits per heavy atom. The molecule has 1 aliphatic carbocycles. The lowest BCUT2D eigenvalue weighted by atomic mass is 10.0. The number of hydrogen-bond donors (Lipinski definition) is 1. The van der Waals surface area contributed by atoms with E-state index in [1.807, 2.05) is 30.3 Å². The number of sulfonamides is 1. The number of anilines is 1. The van der Waals surface area contributed by atoms with Crippen molar-refractivity contribution in [3.63, 3.8) is 0 Å². The van der Waals surface area contributed by atoms with Gasteiger partial charge >= 0.3 is 0 Å². The molecule has 2 amide bonds. The summed E-state index contributed by atoms with van der Waals surface area (Å²) in [6.45, 7) is -0.888. The van der Waals surface area contributed by atoms with Crippen molar-refractivity contribution in [1.82, 2.24) is 10.2 Å². The highest BCUT2D eigenvalue weighted by atomic mass is 35.5. The molecule has 1 N–H and O–H groups in total. The Kier molecular flexibility index (Phi) is 10.3. The highest BCUT2D eigenvalue weighted by Crippen LogP contribution is 2.28. The second kappa shape index (κ2) is 13.7. The first-order valence-electron chi connectivity index (χ1n) is 13.3. The lowest BCUT2D eigenvalue weighted by molar-refractivity contribution is -0.140. The summed E-state index contributed by atoms with van der Waals surface area (Å²) < 4.78 is 41.5. The molecule has 7 nitrogen and oxygen atoms in total. The molecule has 0 aromatic heterocycles. The lowest BCUT2D eigenvalue weighted by Gasteiger charge is -2.34. The summed E-state index contributed by atoms with van der Waals surface area (Å²) in [4.78, 5) is 29.1. The average molecular weight is 621 g/mol. The van der Waals surface area contributed by atoms with Crippen LogP contribution in [0.4, 0.5) is 10.1 Å². The molecule has 0 heterocycles. The van der Waals surface area contributed by atoms with Crippen LogP contribution in [0.3, 0.4) is 0 Å². The van der Waals surface area contributed by atoms with Gasteiger partial charge in [-0.05, 0) is 42.7 Å². The van der Waals surface area contributed by atoms with Crippen molar-refractivity contribution in [3.05, 3.63) is 99.8 Å². The molecule has 1 fully saturated rings. The fraction of sp³-hybridized carbons (Fsp3) is 0.333. The Morgan fingerprint density at radius 2 is 1.59 bits per heavy atom. The van der Waals surface area contributed by atoms with Crippen LogP contribution in [0.25, 0.3) is 0 Å². The van der Waals surface area contributed by atoms with E-state index in [0.29, 0.717) is 0 Å². The lowest BCUT2D eigenvalue weighted by Crippen LogP contribution is -2.54. The van der Waals surface area contributed by atoms with Crippen LogP contribution in [0, 0.1) is 5.82 Å². The minimum Gasteiger partial charge on any atom is -0.352 e. The number of hydrogen-bond acceptors (Lipinski definition) is 4. The Labute approximate surface area is 250 Å². The number of benzene rings is 3. The fourth-order valence-electron chi connectivity index (χ4n) is 5.03. The molecule has 3 aromatic rings. The smallest absolute Gasteiger partial charge is 0.244 e. The van der Waals surface area contributed by atoms with E-state index in [2.05, 4.69) is 5.32 Å². The molecule has 11 heteroatoms. The Balaban J connectivity index is 1.75. The quantitative estimate of drug-likeness (QED) is 0.303. The van der Waals surface area contributed by atoms with Gasteiger partial charge in [0, 0.05) is 34.6 Å². The van der Waals surface area contributed by atoms with Crippen molar-refractivity contribution >= 4 is 50.7 Å². The molecule has 0 unspecified atom stereocenters. The summed E-state index contributed by atoms with van der Waals surface area (Å²) in [5, 5.41) is 3.45. The molecule has 4 rings (SSSR count). The number of carbonyl (C=O) groups is 2. The predicted molar refractivity (Wildman–Crippen MR) is 160 cm³/mol. The van der Waals surface area contributed by atoms with Crippen molar-refractivity contribution in [3.8, 4) is 0 Å². The van der Waals surface area contributed by atoms with Gasteiger partial charge in [-0.25, -0.2) is 12.8 Å². The monoisotopic (exact) mass is 619 g/mol. The van der Waals surface area contributed by atoms with Gasteiger partial charge in [0.2, 0.25) is 21.8 Å². The molecule has 0 aliphatic heterocycles. The van der Waals surface area contributed by atoms with Crippen molar-refractivity contribution in [1.29, 1.82) is 0 Å². The van der Waals surface area contributed by atoms with Crippen LogP contribution in [0.2, 0.25) is 10.0 Å². The number of rotatable bonds is 11. The normalized spacial score (nSPS) is 14.4. The second-order valence-electron chi connectivity index (χ2n) is 10.2. The van der Waals surface area contributed by atoms with Gasteiger partial charge in [0.25, 0.3) is 0 Å². The number of nitrogens with one attached hydrogen (secondary N) is 1. The molecule has 1 aliphatic rings. The number of nitrogens with zero attached hydrogens (tertiary/aromatic N) is 2. The van der Waals surface area contributed by atoms with E-state index in [0.717, 1.165) is 41.8 Å². The molecule has 0 bridgehead atoms. The van der Waals surface area contributed by atoms with Crippen LogP contribution >= 0.6 is 23.2 Å². The van der Waals surface area contributed by atoms with Gasteiger partial charge in [0.05, 0.1) is 11.9 Å². The van der Waals surface area contributed by atoms with Crippen LogP contribution in [-0.4, -0.2) is 50.0 Å². The third kappa shape index (κ3) is 8.44. The van der Waals surface area contributed by atoms with Crippen LogP contribution in [-0.2, 0) is 32.6 Å². The maximum absolute atomic E-state index is 14.9. The zero-order chi connectivity index (χ0) is 29.6. The molecule has 218 valence electrons. The third-order valence-electron chi connectivity index (χ3n) is 7.09. The first kappa shape index (κ1) is 30.8. The first-order valence-corrected chi connectivity index (χ1v) is 15.9. The Hall–Kier alpha value is -3.14. The molecule has 1 saturated carbocycles. The minimum absolute atomic E-state index is 0.0210. The van der Waals surface area contributed by atoms with E-state index >= 15 is 0 Å². The standard InChI is InChI=1S/C30H32Cl2FN3O4S/c1-41(39,40)36(26-17-23(31)16-24(32)18-26)20-29(37)35(19-22-11-5-8-14-27(22)33)28(15-21-9-3-2-4-10-21)30(38)34-25-12-6-7-13-25/h2-5,8-11,14,16-18,25,28H,6-7,12-13,15,19-20H2,1H3,(H,34,38)/t28-/m1/s1. The van der Waals surface area contributed by atoms with Gasteiger partial charge in [0.15, 0.2) is 0 Å². The summed E-state index contributed by atoms with van der Waals surface area (Å²) in [7, 11) is -3.99. The summed E-state index contributed by atoms with van der Waals surface area (Å²) in [5.74, 6) is -1.60. The predicted octanol–water partition coefficient (Wildman–Crippen LogP) is 5.60. The zero-order valence-corrected chi connectivity index (χ0v) is 24.9. The molecule has 0 spiro atoms. The third-order valence-corrected chi connectivity index (χ3v) is 8.66. The van der Waals surface area contributed by atoms with Crippen molar-refractivity contribution in [2.45, 2.75) is 50.7 Å². The average Bonchev–Trinajstić information content (AvgIpc) is 3.42. The maximum Gasteiger partial charge on any atom is 0.244 e. The molecule has 1 atom stereocenters. The molecule has 0 radical (unpaired) electrons. The Morgan fingerprint density at radius 3 is 2.20 bits per heavy atom. The van der Waals surface area contributed by atoms with E-state index in [9.17, 15) is 22.4 Å². The van der Waals surface area contributed by atoms with E-state index in [1.165, 1.54) is 41.3 Å². The van der Waals surface area contributed by atoms with Gasteiger partial charge in [-0.1, -0.05) is 84.6 Å². The van der Waals surface area contributed by atoms with Crippen molar-refractivity contribution < 1.29 is 22.4 Å². The first-order chi connectivity index (χ1) is 19.5. The largest absolute Gasteiger partial charge is 0.352 e. The van der Waals surface area contributed by atoms with Crippen molar-refractivity contribution in [2.24, 2.45) is 0 Å². The van der Waals surface area contributed by atoms with Gasteiger partial charge in [-0.2, -0.15) is 0 Å². The van der Waals surface area contributed by atoms with E-state index in [-0.39, 0.29) is 46.2 Å². The highest BCUT2D eigenvalue weighted by Gasteiger charge is 2.34. The van der Waals surface area contributed by atoms with Gasteiger partial charge in [0.1, 0.15) is 18.4 Å². The number of halogens is 3. The summed E-state index contributed by atoms with van der Waals surface area (Å²) in [5.41, 5.74) is 1.09. The second-order valence-corrected chi connectivity index (χ2v) is 13.0. The minimum atomic E-state index is -3.99.